The molecule has 0 saturated heterocycles. The van der Waals surface area contributed by atoms with Gasteiger partial charge in [-0.05, 0) is 19.3 Å². The minimum absolute atomic E-state index is 0.246. The van der Waals surface area contributed by atoms with Crippen molar-refractivity contribution in [1.29, 1.82) is 0 Å². The fraction of sp³-hybridized carbons (Fsp3) is 0.800. The summed E-state index contributed by atoms with van der Waals surface area (Å²) in [6.07, 6.45) is -5.99. The molecule has 3 fully saturated rings. The summed E-state index contributed by atoms with van der Waals surface area (Å²) in [5.74, 6) is -1.34. The van der Waals surface area contributed by atoms with E-state index in [0.717, 1.165) is 7.11 Å². The third-order valence-electron chi connectivity index (χ3n) is 3.98. The SMILES string of the molecule is COC(=O)N[C@H](C(=O)O)C12CC(C(F)(F)F)(C1)C2. The van der Waals surface area contributed by atoms with Crippen LogP contribution in [0, 0.1) is 10.8 Å². The lowest BCUT2D eigenvalue weighted by atomic mass is 9.33. The van der Waals surface area contributed by atoms with E-state index in [1.165, 1.54) is 0 Å². The molecule has 5 nitrogen and oxygen atoms in total. The van der Waals surface area contributed by atoms with Gasteiger partial charge in [0.05, 0.1) is 12.5 Å². The number of alkyl carbamates (subject to hydrolysis) is 1. The van der Waals surface area contributed by atoms with E-state index in [2.05, 4.69) is 10.1 Å². The largest absolute Gasteiger partial charge is 0.480 e. The summed E-state index contributed by atoms with van der Waals surface area (Å²) in [6.45, 7) is 0. The van der Waals surface area contributed by atoms with Gasteiger partial charge in [-0.2, -0.15) is 13.2 Å². The summed E-state index contributed by atoms with van der Waals surface area (Å²) in [7, 11) is 1.06. The average Bonchev–Trinajstić information content (AvgIpc) is 2.09. The van der Waals surface area contributed by atoms with E-state index >= 15 is 0 Å². The van der Waals surface area contributed by atoms with Gasteiger partial charge >= 0.3 is 18.2 Å². The normalized spacial score (nSPS) is 34.9. The van der Waals surface area contributed by atoms with Gasteiger partial charge in [-0.25, -0.2) is 9.59 Å². The Bertz CT molecular complexity index is 387. The van der Waals surface area contributed by atoms with Gasteiger partial charge in [0.1, 0.15) is 6.04 Å². The molecule has 1 atom stereocenters. The van der Waals surface area contributed by atoms with Crippen molar-refractivity contribution in [3.63, 3.8) is 0 Å². The van der Waals surface area contributed by atoms with Crippen LogP contribution in [-0.4, -0.2) is 36.5 Å². The predicted octanol–water partition coefficient (Wildman–Crippen LogP) is 1.53. The van der Waals surface area contributed by atoms with Crippen LogP contribution in [0.5, 0.6) is 0 Å². The fourth-order valence-corrected chi connectivity index (χ4v) is 3.13. The Morgan fingerprint density at radius 3 is 2.17 bits per heavy atom. The Morgan fingerprint density at radius 2 is 1.83 bits per heavy atom. The van der Waals surface area contributed by atoms with Crippen LogP contribution in [-0.2, 0) is 9.53 Å². The first-order valence-corrected chi connectivity index (χ1v) is 5.30. The topological polar surface area (TPSA) is 75.6 Å². The van der Waals surface area contributed by atoms with Crippen LogP contribution in [0.25, 0.3) is 0 Å². The molecule has 3 aliphatic carbocycles. The molecule has 0 spiro atoms. The van der Waals surface area contributed by atoms with Gasteiger partial charge in [0.2, 0.25) is 0 Å². The number of aliphatic carboxylic acids is 1. The van der Waals surface area contributed by atoms with Gasteiger partial charge in [-0.15, -0.1) is 0 Å². The second-order valence-electron chi connectivity index (χ2n) is 5.08. The number of ether oxygens (including phenoxy) is 1. The smallest absolute Gasteiger partial charge is 0.407 e. The van der Waals surface area contributed by atoms with Crippen molar-refractivity contribution in [3.8, 4) is 0 Å². The number of hydrogen-bond acceptors (Lipinski definition) is 3. The molecule has 0 radical (unpaired) electrons. The standard InChI is InChI=1S/C10H12F3NO4/c1-18-7(17)14-5(6(15)16)8-2-9(3-8,4-8)10(11,12)13/h5H,2-4H2,1H3,(H,14,17)(H,15,16)/t5-,8?,9?/m1/s1. The Labute approximate surface area is 100 Å². The van der Waals surface area contributed by atoms with Crippen molar-refractivity contribution in [1.82, 2.24) is 5.32 Å². The lowest BCUT2D eigenvalue weighted by Crippen LogP contribution is -2.75. The van der Waals surface area contributed by atoms with Crippen molar-refractivity contribution >= 4 is 12.1 Å². The quantitative estimate of drug-likeness (QED) is 0.813. The summed E-state index contributed by atoms with van der Waals surface area (Å²) in [5.41, 5.74) is -2.71. The third kappa shape index (κ3) is 1.54. The van der Waals surface area contributed by atoms with Gasteiger partial charge in [-0.3, -0.25) is 0 Å². The number of carboxylic acid groups (broad SMARTS) is 1. The van der Waals surface area contributed by atoms with Gasteiger partial charge in [-0.1, -0.05) is 0 Å². The van der Waals surface area contributed by atoms with Crippen LogP contribution in [0.15, 0.2) is 0 Å². The van der Waals surface area contributed by atoms with E-state index < -0.39 is 35.1 Å². The number of alkyl halides is 3. The van der Waals surface area contributed by atoms with Gasteiger partial charge in [0, 0.05) is 5.41 Å². The molecule has 3 aliphatic rings. The molecular formula is C10H12F3NO4. The van der Waals surface area contributed by atoms with E-state index in [4.69, 9.17) is 5.11 Å². The summed E-state index contributed by atoms with van der Waals surface area (Å²) in [5, 5.41) is 11.1. The summed E-state index contributed by atoms with van der Waals surface area (Å²) in [4.78, 5) is 22.0. The molecule has 0 heterocycles. The number of hydrogen-bond donors (Lipinski definition) is 2. The fourth-order valence-electron chi connectivity index (χ4n) is 3.13. The highest BCUT2D eigenvalue weighted by molar-refractivity contribution is 5.81. The maximum Gasteiger partial charge on any atom is 0.407 e. The first kappa shape index (κ1) is 13.0. The number of carboxylic acids is 1. The molecule has 0 aromatic rings. The molecule has 3 saturated carbocycles. The first-order valence-electron chi connectivity index (χ1n) is 5.30. The molecule has 0 aromatic carbocycles. The molecular weight excluding hydrogens is 255 g/mol. The minimum Gasteiger partial charge on any atom is -0.480 e. The summed E-state index contributed by atoms with van der Waals surface area (Å²) in [6, 6.07) is -1.32. The number of nitrogens with one attached hydrogen (secondary N) is 1. The molecule has 0 aromatic heterocycles. The molecule has 0 aliphatic heterocycles. The highest BCUT2D eigenvalue weighted by atomic mass is 19.4. The van der Waals surface area contributed by atoms with E-state index in [1.54, 1.807) is 0 Å². The maximum atomic E-state index is 12.6. The molecule has 3 rings (SSSR count). The lowest BCUT2D eigenvalue weighted by molar-refractivity contribution is -0.367. The zero-order chi connectivity index (χ0) is 13.8. The van der Waals surface area contributed by atoms with E-state index in [1.807, 2.05) is 0 Å². The van der Waals surface area contributed by atoms with Crippen LogP contribution in [0.2, 0.25) is 0 Å². The first-order chi connectivity index (χ1) is 8.16. The van der Waals surface area contributed by atoms with Crippen LogP contribution >= 0.6 is 0 Å². The van der Waals surface area contributed by atoms with E-state index in [-0.39, 0.29) is 19.3 Å². The van der Waals surface area contributed by atoms with Crippen molar-refractivity contribution in [2.24, 2.45) is 10.8 Å². The number of carbonyl (C=O) groups is 2. The zero-order valence-electron chi connectivity index (χ0n) is 9.50. The van der Waals surface area contributed by atoms with Gasteiger partial charge in [0.25, 0.3) is 0 Å². The monoisotopic (exact) mass is 267 g/mol. The van der Waals surface area contributed by atoms with Crippen LogP contribution in [0.3, 0.4) is 0 Å². The molecule has 0 unspecified atom stereocenters. The second-order valence-corrected chi connectivity index (χ2v) is 5.08. The molecule has 2 bridgehead atoms. The number of methoxy groups -OCH3 is 1. The van der Waals surface area contributed by atoms with Crippen molar-refractivity contribution in [2.75, 3.05) is 7.11 Å². The Hall–Kier alpha value is -1.47. The van der Waals surface area contributed by atoms with Gasteiger partial charge < -0.3 is 15.2 Å². The molecule has 2 N–H and O–H groups in total. The Kier molecular flexibility index (Phi) is 2.54. The number of carbonyl (C=O) groups excluding carboxylic acids is 1. The maximum absolute atomic E-state index is 12.6. The van der Waals surface area contributed by atoms with Crippen LogP contribution < -0.4 is 5.32 Å². The van der Waals surface area contributed by atoms with Crippen molar-refractivity contribution in [3.05, 3.63) is 0 Å². The van der Waals surface area contributed by atoms with Crippen molar-refractivity contribution in [2.45, 2.75) is 31.5 Å². The molecule has 1 amide bonds. The Balaban J connectivity index is 2.05. The number of halogens is 3. The number of rotatable bonds is 3. The molecule has 8 heteroatoms. The molecule has 102 valence electrons. The summed E-state index contributed by atoms with van der Waals surface area (Å²) >= 11 is 0. The average molecular weight is 267 g/mol. The summed E-state index contributed by atoms with van der Waals surface area (Å²) < 4.78 is 42.1. The van der Waals surface area contributed by atoms with E-state index in [0.29, 0.717) is 0 Å². The van der Waals surface area contributed by atoms with Crippen molar-refractivity contribution < 1.29 is 32.6 Å². The lowest BCUT2D eigenvalue weighted by Gasteiger charge is -2.71. The second kappa shape index (κ2) is 3.52. The molecule has 18 heavy (non-hydrogen) atoms. The van der Waals surface area contributed by atoms with Crippen LogP contribution in [0.4, 0.5) is 18.0 Å². The van der Waals surface area contributed by atoms with Gasteiger partial charge in [0.15, 0.2) is 0 Å². The van der Waals surface area contributed by atoms with Crippen LogP contribution in [0.1, 0.15) is 19.3 Å². The highest BCUT2D eigenvalue weighted by Gasteiger charge is 2.81. The predicted molar refractivity (Wildman–Crippen MR) is 51.7 cm³/mol. The Morgan fingerprint density at radius 1 is 1.33 bits per heavy atom. The highest BCUT2D eigenvalue weighted by Crippen LogP contribution is 2.79. The number of amides is 1. The minimum atomic E-state index is -4.30. The zero-order valence-corrected chi connectivity index (χ0v) is 9.50. The third-order valence-corrected chi connectivity index (χ3v) is 3.98. The van der Waals surface area contributed by atoms with E-state index in [9.17, 15) is 22.8 Å².